The number of nitrogens with one attached hydrogen (secondary N) is 2. The van der Waals surface area contributed by atoms with Crippen molar-refractivity contribution in [2.24, 2.45) is 0 Å². The minimum atomic E-state index is -1.68. The fourth-order valence-corrected chi connectivity index (χ4v) is 4.28. The number of amides is 1. The lowest BCUT2D eigenvalue weighted by Crippen LogP contribution is -2.33. The number of hydrogen-bond acceptors (Lipinski definition) is 7. The summed E-state index contributed by atoms with van der Waals surface area (Å²) in [5.74, 6) is -3.40. The van der Waals surface area contributed by atoms with E-state index >= 15 is 0 Å². The zero-order valence-electron chi connectivity index (χ0n) is 15.6. The Morgan fingerprint density at radius 3 is 2.72 bits per heavy atom. The van der Waals surface area contributed by atoms with Crippen molar-refractivity contribution in [3.05, 3.63) is 45.8 Å². The van der Waals surface area contributed by atoms with E-state index in [0.29, 0.717) is 30.0 Å². The van der Waals surface area contributed by atoms with Crippen molar-refractivity contribution in [3.63, 3.8) is 0 Å². The minimum Gasteiger partial charge on any atom is -0.496 e. The van der Waals surface area contributed by atoms with E-state index in [4.69, 9.17) is 14.6 Å². The second kappa shape index (κ2) is 9.03. The number of hydrogen-bond donors (Lipinski definition) is 4. The Kier molecular flexibility index (Phi) is 6.47. The zero-order valence-corrected chi connectivity index (χ0v) is 16.4. The van der Waals surface area contributed by atoms with Gasteiger partial charge in [-0.3, -0.25) is 4.79 Å². The second-order valence-corrected chi connectivity index (χ2v) is 7.46. The van der Waals surface area contributed by atoms with Gasteiger partial charge in [-0.05, 0) is 11.6 Å². The summed E-state index contributed by atoms with van der Waals surface area (Å²) in [7, 11) is 1.61. The summed E-state index contributed by atoms with van der Waals surface area (Å²) < 4.78 is 11.1. The molecule has 1 aromatic carbocycles. The number of carbonyl (C=O) groups excluding carboxylic acids is 1. The number of anilines is 1. The van der Waals surface area contributed by atoms with Crippen LogP contribution in [0.3, 0.4) is 0 Å². The summed E-state index contributed by atoms with van der Waals surface area (Å²) >= 11 is 1.03. The highest BCUT2D eigenvalue weighted by atomic mass is 32.1. The first-order chi connectivity index (χ1) is 13.9. The van der Waals surface area contributed by atoms with Crippen LogP contribution >= 0.6 is 11.3 Å². The molecule has 1 atom stereocenters. The third-order valence-electron chi connectivity index (χ3n) is 4.49. The number of carbonyl (C=O) groups is 3. The molecular weight excluding hydrogens is 400 g/mol. The number of carboxylic acid groups (broad SMARTS) is 2. The third kappa shape index (κ3) is 4.73. The molecule has 0 bridgehead atoms. The largest absolute Gasteiger partial charge is 0.496 e. The van der Waals surface area contributed by atoms with Crippen LogP contribution in [0.15, 0.2) is 24.3 Å². The molecule has 0 radical (unpaired) electrons. The monoisotopic (exact) mass is 420 g/mol. The number of aromatic carboxylic acids is 1. The Labute approximate surface area is 170 Å². The maximum absolute atomic E-state index is 11.7. The van der Waals surface area contributed by atoms with Crippen LogP contribution in [0.5, 0.6) is 5.75 Å². The van der Waals surface area contributed by atoms with Crippen LogP contribution in [-0.4, -0.2) is 47.8 Å². The molecular formula is C19H20N2O7S. The number of aliphatic carboxylic acids is 1. The van der Waals surface area contributed by atoms with Gasteiger partial charge < -0.3 is 30.3 Å². The fourth-order valence-electron chi connectivity index (χ4n) is 3.14. The van der Waals surface area contributed by atoms with E-state index in [-0.39, 0.29) is 23.3 Å². The fraction of sp³-hybridized carbons (Fsp3) is 0.316. The molecule has 1 aliphatic rings. The third-order valence-corrected chi connectivity index (χ3v) is 5.61. The van der Waals surface area contributed by atoms with E-state index in [2.05, 4.69) is 10.6 Å². The molecule has 0 saturated heterocycles. The van der Waals surface area contributed by atoms with Crippen LogP contribution in [0.1, 0.15) is 26.4 Å². The number of carboxylic acids is 2. The van der Waals surface area contributed by atoms with E-state index in [1.54, 1.807) is 7.11 Å². The molecule has 3 rings (SSSR count). The van der Waals surface area contributed by atoms with Gasteiger partial charge in [-0.15, -0.1) is 11.3 Å². The van der Waals surface area contributed by atoms with Gasteiger partial charge >= 0.3 is 17.8 Å². The van der Waals surface area contributed by atoms with Crippen LogP contribution in [0, 0.1) is 0 Å². The van der Waals surface area contributed by atoms with Crippen LogP contribution < -0.4 is 15.4 Å². The molecule has 2 heterocycles. The Hall–Kier alpha value is -2.95. The summed E-state index contributed by atoms with van der Waals surface area (Å²) in [5, 5.41) is 23.8. The standard InChI is InChI=1S/C19H20N2O7S/c1-27-13-5-3-2-4-10(13)7-20-8-11-6-12-14(9-28-11)29-17(15(12)18(23)24)21-16(22)19(25)26/h2-5,11,20H,6-9H2,1H3,(H,21,22)(H,23,24)(H,25,26). The molecule has 4 N–H and O–H groups in total. The van der Waals surface area contributed by atoms with E-state index in [0.717, 1.165) is 22.6 Å². The molecule has 1 amide bonds. The number of benzene rings is 1. The minimum absolute atomic E-state index is 0.0149. The van der Waals surface area contributed by atoms with Crippen LogP contribution in [0.4, 0.5) is 5.00 Å². The van der Waals surface area contributed by atoms with Gasteiger partial charge in [-0.1, -0.05) is 18.2 Å². The molecule has 0 fully saturated rings. The highest BCUT2D eigenvalue weighted by Gasteiger charge is 2.30. The van der Waals surface area contributed by atoms with Crippen LogP contribution in [0.2, 0.25) is 0 Å². The number of para-hydroxylation sites is 1. The lowest BCUT2D eigenvalue weighted by molar-refractivity contribution is -0.147. The Balaban J connectivity index is 1.68. The van der Waals surface area contributed by atoms with Gasteiger partial charge in [0.25, 0.3) is 0 Å². The average Bonchev–Trinajstić information content (AvgIpc) is 3.05. The lowest BCUT2D eigenvalue weighted by Gasteiger charge is -2.24. The number of fused-ring (bicyclic) bond motifs is 1. The first kappa shape index (κ1) is 20.8. The first-order valence-corrected chi connectivity index (χ1v) is 9.58. The molecule has 1 unspecified atom stereocenters. The molecule has 0 aliphatic carbocycles. The van der Waals surface area contributed by atoms with E-state index in [9.17, 15) is 19.5 Å². The molecule has 2 aromatic rings. The van der Waals surface area contributed by atoms with Gasteiger partial charge in [0.2, 0.25) is 0 Å². The summed E-state index contributed by atoms with van der Waals surface area (Å²) in [6, 6.07) is 7.63. The van der Waals surface area contributed by atoms with Crippen molar-refractivity contribution >= 4 is 34.2 Å². The second-order valence-electron chi connectivity index (χ2n) is 6.35. The quantitative estimate of drug-likeness (QED) is 0.498. The molecule has 0 spiro atoms. The summed E-state index contributed by atoms with van der Waals surface area (Å²) in [6.07, 6.45) is 0.0860. The number of methoxy groups -OCH3 is 1. The Bertz CT molecular complexity index is 941. The molecule has 10 heteroatoms. The smallest absolute Gasteiger partial charge is 0.394 e. The Morgan fingerprint density at radius 1 is 1.28 bits per heavy atom. The zero-order chi connectivity index (χ0) is 21.0. The molecule has 1 aliphatic heterocycles. The van der Waals surface area contributed by atoms with Gasteiger partial charge in [0.15, 0.2) is 0 Å². The first-order valence-electron chi connectivity index (χ1n) is 8.77. The van der Waals surface area contributed by atoms with Crippen molar-refractivity contribution < 1.29 is 34.1 Å². The van der Waals surface area contributed by atoms with Gasteiger partial charge in [0, 0.05) is 30.0 Å². The van der Waals surface area contributed by atoms with Crippen molar-refractivity contribution in [2.45, 2.75) is 25.7 Å². The van der Waals surface area contributed by atoms with Gasteiger partial charge in [0.05, 0.1) is 25.4 Å². The van der Waals surface area contributed by atoms with Crippen molar-refractivity contribution in [1.82, 2.24) is 5.32 Å². The number of ether oxygens (including phenoxy) is 2. The number of thiophene rings is 1. The van der Waals surface area contributed by atoms with E-state index < -0.39 is 17.8 Å². The summed E-state index contributed by atoms with van der Waals surface area (Å²) in [6.45, 7) is 1.25. The molecule has 154 valence electrons. The SMILES string of the molecule is COc1ccccc1CNCC1Cc2c(sc(NC(=O)C(=O)O)c2C(=O)O)CO1. The van der Waals surface area contributed by atoms with E-state index in [1.165, 1.54) is 0 Å². The molecule has 0 saturated carbocycles. The molecule has 1 aromatic heterocycles. The highest BCUT2D eigenvalue weighted by molar-refractivity contribution is 7.17. The maximum Gasteiger partial charge on any atom is 0.394 e. The molecule has 29 heavy (non-hydrogen) atoms. The predicted octanol–water partition coefficient (Wildman–Crippen LogP) is 1.71. The van der Waals surface area contributed by atoms with Crippen molar-refractivity contribution in [1.29, 1.82) is 0 Å². The maximum atomic E-state index is 11.7. The van der Waals surface area contributed by atoms with Gasteiger partial charge in [-0.25, -0.2) is 9.59 Å². The van der Waals surface area contributed by atoms with Crippen LogP contribution in [-0.2, 0) is 33.9 Å². The van der Waals surface area contributed by atoms with Gasteiger partial charge in [0.1, 0.15) is 10.8 Å². The average molecular weight is 420 g/mol. The Morgan fingerprint density at radius 2 is 2.03 bits per heavy atom. The van der Waals surface area contributed by atoms with Gasteiger partial charge in [-0.2, -0.15) is 0 Å². The van der Waals surface area contributed by atoms with E-state index in [1.807, 2.05) is 24.3 Å². The summed E-state index contributed by atoms with van der Waals surface area (Å²) in [4.78, 5) is 34.6. The van der Waals surface area contributed by atoms with Crippen molar-refractivity contribution in [2.75, 3.05) is 19.0 Å². The highest BCUT2D eigenvalue weighted by Crippen LogP contribution is 2.37. The predicted molar refractivity (Wildman–Crippen MR) is 105 cm³/mol. The van der Waals surface area contributed by atoms with Crippen LogP contribution in [0.25, 0.3) is 0 Å². The normalized spacial score (nSPS) is 15.4. The topological polar surface area (TPSA) is 134 Å². The lowest BCUT2D eigenvalue weighted by atomic mass is 10.0. The number of rotatable bonds is 7. The summed E-state index contributed by atoms with van der Waals surface area (Å²) in [5.41, 5.74) is 1.49. The molecule has 9 nitrogen and oxygen atoms in total. The van der Waals surface area contributed by atoms with Crippen molar-refractivity contribution in [3.8, 4) is 5.75 Å².